The van der Waals surface area contributed by atoms with E-state index in [0.717, 1.165) is 0 Å². The third-order valence-corrected chi connectivity index (χ3v) is 3.14. The number of nitrogens with zero attached hydrogens (tertiary/aromatic N) is 2. The fourth-order valence-electron chi connectivity index (χ4n) is 2.29. The zero-order valence-electron chi connectivity index (χ0n) is 11.5. The van der Waals surface area contributed by atoms with Crippen molar-refractivity contribution in [3.63, 3.8) is 0 Å². The Morgan fingerprint density at radius 1 is 1.30 bits per heavy atom. The van der Waals surface area contributed by atoms with Crippen LogP contribution in [0.3, 0.4) is 0 Å². The summed E-state index contributed by atoms with van der Waals surface area (Å²) in [6.07, 6.45) is 0.671. The van der Waals surface area contributed by atoms with Gasteiger partial charge in [-0.2, -0.15) is 5.26 Å². The average molecular weight is 272 g/mol. The molecule has 5 nitrogen and oxygen atoms in total. The highest BCUT2D eigenvalue weighted by molar-refractivity contribution is 6.16. The Bertz CT molecular complexity index is 567. The van der Waals surface area contributed by atoms with Gasteiger partial charge in [-0.3, -0.25) is 14.5 Å². The standard InChI is InChI=1S/C15H16N2O3/c1-15(2)9-13(18)17(14(19)10-15)11-4-3-5-12(8-11)20-7-6-16/h3-5,8H,7,9-10H2,1-2H3. The van der Waals surface area contributed by atoms with Gasteiger partial charge in [0.25, 0.3) is 0 Å². The molecular formula is C15H16N2O3. The highest BCUT2D eigenvalue weighted by atomic mass is 16.5. The molecule has 0 bridgehead atoms. The van der Waals surface area contributed by atoms with Crippen LogP contribution in [0.4, 0.5) is 5.69 Å². The zero-order chi connectivity index (χ0) is 14.8. The molecule has 1 aromatic rings. The van der Waals surface area contributed by atoms with Crippen LogP contribution in [-0.2, 0) is 9.59 Å². The van der Waals surface area contributed by atoms with E-state index in [-0.39, 0.29) is 23.8 Å². The van der Waals surface area contributed by atoms with E-state index in [9.17, 15) is 9.59 Å². The molecule has 1 saturated heterocycles. The first kappa shape index (κ1) is 14.1. The van der Waals surface area contributed by atoms with Gasteiger partial charge in [0.15, 0.2) is 6.61 Å². The summed E-state index contributed by atoms with van der Waals surface area (Å²) in [5, 5.41) is 8.49. The van der Waals surface area contributed by atoms with Gasteiger partial charge in [0.2, 0.25) is 11.8 Å². The van der Waals surface area contributed by atoms with Crippen molar-refractivity contribution in [2.75, 3.05) is 11.5 Å². The SMILES string of the molecule is CC1(C)CC(=O)N(c2cccc(OCC#N)c2)C(=O)C1. The first-order valence-electron chi connectivity index (χ1n) is 6.38. The maximum atomic E-state index is 12.2. The van der Waals surface area contributed by atoms with Crippen molar-refractivity contribution in [2.24, 2.45) is 5.41 Å². The highest BCUT2D eigenvalue weighted by Gasteiger charge is 2.38. The van der Waals surface area contributed by atoms with Gasteiger partial charge in [0.1, 0.15) is 11.8 Å². The molecule has 20 heavy (non-hydrogen) atoms. The van der Waals surface area contributed by atoms with E-state index in [1.54, 1.807) is 24.3 Å². The van der Waals surface area contributed by atoms with Crippen LogP contribution in [-0.4, -0.2) is 18.4 Å². The summed E-state index contributed by atoms with van der Waals surface area (Å²) in [4.78, 5) is 25.5. The van der Waals surface area contributed by atoms with Crippen LogP contribution in [0.5, 0.6) is 5.75 Å². The number of imide groups is 1. The molecule has 1 heterocycles. The first-order chi connectivity index (χ1) is 9.43. The molecule has 0 radical (unpaired) electrons. The normalized spacial score (nSPS) is 17.8. The largest absolute Gasteiger partial charge is 0.479 e. The Labute approximate surface area is 117 Å². The molecule has 0 aliphatic carbocycles. The molecule has 1 aromatic carbocycles. The van der Waals surface area contributed by atoms with Crippen molar-refractivity contribution in [3.8, 4) is 11.8 Å². The van der Waals surface area contributed by atoms with E-state index in [1.165, 1.54) is 4.90 Å². The molecule has 1 aliphatic rings. The molecule has 5 heteroatoms. The van der Waals surface area contributed by atoms with E-state index >= 15 is 0 Å². The minimum atomic E-state index is -0.292. The lowest BCUT2D eigenvalue weighted by Gasteiger charge is -2.34. The third kappa shape index (κ3) is 2.97. The molecule has 0 aromatic heterocycles. The maximum absolute atomic E-state index is 12.2. The highest BCUT2D eigenvalue weighted by Crippen LogP contribution is 2.34. The number of carbonyl (C=O) groups excluding carboxylic acids is 2. The van der Waals surface area contributed by atoms with E-state index in [0.29, 0.717) is 24.3 Å². The van der Waals surface area contributed by atoms with Gasteiger partial charge < -0.3 is 4.74 Å². The number of piperidine rings is 1. The predicted molar refractivity (Wildman–Crippen MR) is 73.1 cm³/mol. The topological polar surface area (TPSA) is 70.4 Å². The van der Waals surface area contributed by atoms with Gasteiger partial charge in [0.05, 0.1) is 5.69 Å². The van der Waals surface area contributed by atoms with E-state index in [4.69, 9.17) is 10.00 Å². The number of amides is 2. The fraction of sp³-hybridized carbons (Fsp3) is 0.400. The Morgan fingerprint density at radius 2 is 1.95 bits per heavy atom. The van der Waals surface area contributed by atoms with Crippen molar-refractivity contribution in [3.05, 3.63) is 24.3 Å². The van der Waals surface area contributed by atoms with Crippen LogP contribution >= 0.6 is 0 Å². The van der Waals surface area contributed by atoms with Crippen molar-refractivity contribution < 1.29 is 14.3 Å². The number of carbonyl (C=O) groups is 2. The van der Waals surface area contributed by atoms with Crippen LogP contribution in [0.25, 0.3) is 0 Å². The predicted octanol–water partition coefficient (Wildman–Crippen LogP) is 2.27. The molecule has 0 saturated carbocycles. The van der Waals surface area contributed by atoms with Crippen LogP contribution in [0.1, 0.15) is 26.7 Å². The Balaban J connectivity index is 2.25. The van der Waals surface area contributed by atoms with E-state index in [2.05, 4.69) is 0 Å². The zero-order valence-corrected chi connectivity index (χ0v) is 11.5. The summed E-state index contributed by atoms with van der Waals surface area (Å²) in [5.74, 6) is 0.0573. The van der Waals surface area contributed by atoms with Gasteiger partial charge >= 0.3 is 0 Å². The molecule has 0 unspecified atom stereocenters. The molecule has 2 rings (SSSR count). The molecule has 1 fully saturated rings. The number of hydrogen-bond acceptors (Lipinski definition) is 4. The lowest BCUT2D eigenvalue weighted by atomic mass is 9.81. The minimum absolute atomic E-state index is 0.0711. The van der Waals surface area contributed by atoms with E-state index in [1.807, 2.05) is 19.9 Å². The summed E-state index contributed by atoms with van der Waals surface area (Å²) >= 11 is 0. The number of rotatable bonds is 3. The second-order valence-corrected chi connectivity index (χ2v) is 5.58. The molecule has 1 aliphatic heterocycles. The quantitative estimate of drug-likeness (QED) is 0.791. The Hall–Kier alpha value is -2.35. The Morgan fingerprint density at radius 3 is 2.55 bits per heavy atom. The second-order valence-electron chi connectivity index (χ2n) is 5.58. The van der Waals surface area contributed by atoms with Gasteiger partial charge in [0, 0.05) is 18.9 Å². The van der Waals surface area contributed by atoms with Crippen LogP contribution < -0.4 is 9.64 Å². The molecule has 0 spiro atoms. The summed E-state index contributed by atoms with van der Waals surface area (Å²) in [6.45, 7) is 3.75. The number of anilines is 1. The first-order valence-corrected chi connectivity index (χ1v) is 6.38. The van der Waals surface area contributed by atoms with Crippen molar-refractivity contribution in [1.29, 1.82) is 5.26 Å². The summed E-state index contributed by atoms with van der Waals surface area (Å²) < 4.78 is 5.19. The van der Waals surface area contributed by atoms with Gasteiger partial charge in [-0.1, -0.05) is 19.9 Å². The second kappa shape index (κ2) is 5.33. The van der Waals surface area contributed by atoms with E-state index < -0.39 is 0 Å². The monoisotopic (exact) mass is 272 g/mol. The van der Waals surface area contributed by atoms with Gasteiger partial charge in [-0.05, 0) is 17.5 Å². The lowest BCUT2D eigenvalue weighted by molar-refractivity contribution is -0.132. The van der Waals surface area contributed by atoms with Crippen LogP contribution in [0, 0.1) is 16.7 Å². The van der Waals surface area contributed by atoms with Crippen molar-refractivity contribution in [2.45, 2.75) is 26.7 Å². The van der Waals surface area contributed by atoms with Crippen LogP contribution in [0.2, 0.25) is 0 Å². The lowest BCUT2D eigenvalue weighted by Crippen LogP contribution is -2.46. The summed E-state index contributed by atoms with van der Waals surface area (Å²) in [6, 6.07) is 8.55. The maximum Gasteiger partial charge on any atom is 0.234 e. The molecule has 0 atom stereocenters. The number of hydrogen-bond donors (Lipinski definition) is 0. The fourth-order valence-corrected chi connectivity index (χ4v) is 2.29. The Kier molecular flexibility index (Phi) is 3.75. The average Bonchev–Trinajstić information content (AvgIpc) is 2.34. The summed E-state index contributed by atoms with van der Waals surface area (Å²) in [5.41, 5.74) is 0.200. The number of nitriles is 1. The molecule has 0 N–H and O–H groups in total. The van der Waals surface area contributed by atoms with Crippen molar-refractivity contribution >= 4 is 17.5 Å². The third-order valence-electron chi connectivity index (χ3n) is 3.14. The smallest absolute Gasteiger partial charge is 0.234 e. The van der Waals surface area contributed by atoms with Gasteiger partial charge in [-0.25, -0.2) is 0 Å². The number of ether oxygens (including phenoxy) is 1. The summed E-state index contributed by atoms with van der Waals surface area (Å²) in [7, 11) is 0. The number of benzene rings is 1. The minimum Gasteiger partial charge on any atom is -0.479 e. The van der Waals surface area contributed by atoms with Crippen LogP contribution in [0.15, 0.2) is 24.3 Å². The molecule has 104 valence electrons. The molecular weight excluding hydrogens is 256 g/mol. The molecule has 2 amide bonds. The van der Waals surface area contributed by atoms with Crippen molar-refractivity contribution in [1.82, 2.24) is 0 Å². The van der Waals surface area contributed by atoms with Gasteiger partial charge in [-0.15, -0.1) is 0 Å².